The van der Waals surface area contributed by atoms with Crippen LogP contribution in [0.25, 0.3) is 0 Å². The molecule has 0 unspecified atom stereocenters. The maximum atomic E-state index is 11.8. The van der Waals surface area contributed by atoms with Gasteiger partial charge in [-0.1, -0.05) is 32.0 Å². The van der Waals surface area contributed by atoms with Gasteiger partial charge in [0.25, 0.3) is 0 Å². The average Bonchev–Trinajstić information content (AvgIpc) is 2.87. The number of cyclic esters (lactones) is 1. The Morgan fingerprint density at radius 3 is 2.50 bits per heavy atom. The van der Waals surface area contributed by atoms with Crippen LogP contribution in [0, 0.1) is 0 Å². The topological polar surface area (TPSA) is 65.0 Å². The third kappa shape index (κ3) is 2.93. The Hall–Kier alpha value is -2.43. The number of carbonyl (C=O) groups excluding carboxylic acids is 2. The number of allylic oxidation sites excluding steroid dienone is 1. The van der Waals surface area contributed by atoms with Crippen LogP contribution in [-0.2, 0) is 19.1 Å². The normalized spacial score (nSPS) is 16.5. The third-order valence-corrected chi connectivity index (χ3v) is 2.73. The molecule has 0 fully saturated rings. The van der Waals surface area contributed by atoms with Gasteiger partial charge in [-0.25, -0.2) is 9.79 Å². The molecule has 1 aliphatic heterocycles. The van der Waals surface area contributed by atoms with Crippen LogP contribution in [0.3, 0.4) is 0 Å². The molecule has 1 aromatic carbocycles. The summed E-state index contributed by atoms with van der Waals surface area (Å²) in [4.78, 5) is 27.3. The predicted molar refractivity (Wildman–Crippen MR) is 72.8 cm³/mol. The van der Waals surface area contributed by atoms with Crippen molar-refractivity contribution in [3.05, 3.63) is 47.4 Å². The molecule has 0 saturated heterocycles. The first-order chi connectivity index (χ1) is 9.65. The molecule has 1 aliphatic rings. The number of ether oxygens (including phenoxy) is 2. The van der Waals surface area contributed by atoms with Crippen molar-refractivity contribution in [1.29, 1.82) is 0 Å². The Morgan fingerprint density at radius 1 is 1.20 bits per heavy atom. The Bertz CT molecular complexity index is 587. The van der Waals surface area contributed by atoms with Crippen molar-refractivity contribution in [3.8, 4) is 0 Å². The highest BCUT2D eigenvalue weighted by Gasteiger charge is 2.28. The highest BCUT2D eigenvalue weighted by atomic mass is 16.6. The number of aliphatic imine (C=N–C) groups is 1. The second kappa shape index (κ2) is 6.14. The van der Waals surface area contributed by atoms with Crippen LogP contribution in [0.5, 0.6) is 0 Å². The summed E-state index contributed by atoms with van der Waals surface area (Å²) in [5.74, 6) is -0.521. The van der Waals surface area contributed by atoms with E-state index in [0.29, 0.717) is 12.0 Å². The van der Waals surface area contributed by atoms with Crippen LogP contribution < -0.4 is 0 Å². The van der Waals surface area contributed by atoms with Crippen LogP contribution in [0.4, 0.5) is 0 Å². The van der Waals surface area contributed by atoms with Gasteiger partial charge in [-0.15, -0.1) is 0 Å². The minimum Gasteiger partial charge on any atom is -0.428 e. The first-order valence-corrected chi connectivity index (χ1v) is 6.45. The maximum Gasteiger partial charge on any atom is 0.367 e. The molecule has 0 N–H and O–H groups in total. The molecule has 0 spiro atoms. The van der Waals surface area contributed by atoms with E-state index >= 15 is 0 Å². The average molecular weight is 273 g/mol. The van der Waals surface area contributed by atoms with E-state index in [2.05, 4.69) is 4.99 Å². The van der Waals surface area contributed by atoms with Crippen molar-refractivity contribution in [2.45, 2.75) is 26.7 Å². The Morgan fingerprint density at radius 2 is 1.90 bits per heavy atom. The number of benzene rings is 1. The fourth-order valence-corrected chi connectivity index (χ4v) is 1.68. The highest BCUT2D eigenvalue weighted by Crippen LogP contribution is 2.22. The fourth-order valence-electron chi connectivity index (χ4n) is 1.68. The lowest BCUT2D eigenvalue weighted by molar-refractivity contribution is -0.139. The van der Waals surface area contributed by atoms with Crippen molar-refractivity contribution < 1.29 is 19.1 Å². The molecule has 0 amide bonds. The SMILES string of the molecule is CCC(=O)OC(CC)=C1N=C(c2ccccc2)OC1=O. The van der Waals surface area contributed by atoms with Crippen LogP contribution in [-0.4, -0.2) is 17.8 Å². The summed E-state index contributed by atoms with van der Waals surface area (Å²) >= 11 is 0. The fraction of sp³-hybridized carbons (Fsp3) is 0.267. The van der Waals surface area contributed by atoms with Gasteiger partial charge in [-0.3, -0.25) is 4.79 Å². The van der Waals surface area contributed by atoms with E-state index in [1.54, 1.807) is 26.0 Å². The molecule has 0 aliphatic carbocycles. The number of carbonyl (C=O) groups is 2. The lowest BCUT2D eigenvalue weighted by Crippen LogP contribution is -2.09. The molecule has 104 valence electrons. The molecular weight excluding hydrogens is 258 g/mol. The predicted octanol–water partition coefficient (Wildman–Crippen LogP) is 2.56. The Labute approximate surface area is 116 Å². The van der Waals surface area contributed by atoms with Crippen LogP contribution in [0.2, 0.25) is 0 Å². The van der Waals surface area contributed by atoms with Gasteiger partial charge < -0.3 is 9.47 Å². The summed E-state index contributed by atoms with van der Waals surface area (Å²) in [6.45, 7) is 3.47. The van der Waals surface area contributed by atoms with E-state index in [-0.39, 0.29) is 23.8 Å². The highest BCUT2D eigenvalue weighted by molar-refractivity contribution is 6.11. The lowest BCUT2D eigenvalue weighted by Gasteiger charge is -2.05. The quantitative estimate of drug-likeness (QED) is 0.480. The van der Waals surface area contributed by atoms with E-state index in [0.717, 1.165) is 0 Å². The largest absolute Gasteiger partial charge is 0.428 e. The maximum absolute atomic E-state index is 11.8. The summed E-state index contributed by atoms with van der Waals surface area (Å²) in [5, 5.41) is 0. The third-order valence-electron chi connectivity index (χ3n) is 2.73. The summed E-state index contributed by atoms with van der Waals surface area (Å²) in [6.07, 6.45) is 0.628. The van der Waals surface area contributed by atoms with Gasteiger partial charge in [-0.2, -0.15) is 0 Å². The number of hydrogen-bond acceptors (Lipinski definition) is 5. The molecule has 1 heterocycles. The minimum absolute atomic E-state index is 0.0631. The molecule has 2 rings (SSSR count). The zero-order valence-corrected chi connectivity index (χ0v) is 11.4. The summed E-state index contributed by atoms with van der Waals surface area (Å²) in [5.41, 5.74) is 0.765. The molecular formula is C15H15NO4. The van der Waals surface area contributed by atoms with E-state index in [4.69, 9.17) is 9.47 Å². The molecule has 0 bridgehead atoms. The van der Waals surface area contributed by atoms with Gasteiger partial charge in [0, 0.05) is 18.4 Å². The summed E-state index contributed by atoms with van der Waals surface area (Å²) in [7, 11) is 0. The second-order valence-corrected chi connectivity index (χ2v) is 4.13. The van der Waals surface area contributed by atoms with Gasteiger partial charge in [-0.05, 0) is 12.1 Å². The molecule has 0 radical (unpaired) electrons. The van der Waals surface area contributed by atoms with Crippen LogP contribution in [0.15, 0.2) is 46.8 Å². The molecule has 5 heteroatoms. The lowest BCUT2D eigenvalue weighted by atomic mass is 10.2. The van der Waals surface area contributed by atoms with Gasteiger partial charge >= 0.3 is 11.9 Å². The zero-order chi connectivity index (χ0) is 14.5. The van der Waals surface area contributed by atoms with E-state index in [9.17, 15) is 9.59 Å². The van der Waals surface area contributed by atoms with Crippen LogP contribution in [0.1, 0.15) is 32.3 Å². The van der Waals surface area contributed by atoms with E-state index in [1.807, 2.05) is 18.2 Å². The van der Waals surface area contributed by atoms with E-state index < -0.39 is 11.9 Å². The minimum atomic E-state index is -0.593. The number of nitrogens with zero attached hydrogens (tertiary/aromatic N) is 1. The smallest absolute Gasteiger partial charge is 0.367 e. The molecule has 20 heavy (non-hydrogen) atoms. The molecule has 0 saturated carbocycles. The van der Waals surface area contributed by atoms with Crippen LogP contribution >= 0.6 is 0 Å². The summed E-state index contributed by atoms with van der Waals surface area (Å²) < 4.78 is 10.2. The Balaban J connectivity index is 2.33. The van der Waals surface area contributed by atoms with E-state index in [1.165, 1.54) is 0 Å². The summed E-state index contributed by atoms with van der Waals surface area (Å²) in [6, 6.07) is 9.09. The van der Waals surface area contributed by atoms with Gasteiger partial charge in [0.1, 0.15) is 5.76 Å². The van der Waals surface area contributed by atoms with Gasteiger partial charge in [0.05, 0.1) is 0 Å². The van der Waals surface area contributed by atoms with Crippen molar-refractivity contribution in [2.75, 3.05) is 0 Å². The van der Waals surface area contributed by atoms with Crippen molar-refractivity contribution >= 4 is 17.8 Å². The zero-order valence-electron chi connectivity index (χ0n) is 11.4. The molecule has 1 aromatic rings. The second-order valence-electron chi connectivity index (χ2n) is 4.13. The monoisotopic (exact) mass is 273 g/mol. The van der Waals surface area contributed by atoms with Gasteiger partial charge in [0.2, 0.25) is 5.90 Å². The first kappa shape index (κ1) is 14.0. The Kier molecular flexibility index (Phi) is 4.30. The number of hydrogen-bond donors (Lipinski definition) is 0. The van der Waals surface area contributed by atoms with Crippen molar-refractivity contribution in [2.24, 2.45) is 4.99 Å². The van der Waals surface area contributed by atoms with Crippen molar-refractivity contribution in [3.63, 3.8) is 0 Å². The first-order valence-electron chi connectivity index (χ1n) is 6.45. The number of esters is 2. The molecule has 5 nitrogen and oxygen atoms in total. The standard InChI is InChI=1S/C15H15NO4/c1-3-11(19-12(17)4-2)13-15(18)20-14(16-13)10-8-6-5-7-9-10/h5-9H,3-4H2,1-2H3. The molecule has 0 atom stereocenters. The number of rotatable bonds is 4. The van der Waals surface area contributed by atoms with Gasteiger partial charge in [0.15, 0.2) is 5.70 Å². The molecule has 0 aromatic heterocycles. The van der Waals surface area contributed by atoms with Crippen molar-refractivity contribution in [1.82, 2.24) is 0 Å².